The lowest BCUT2D eigenvalue weighted by Gasteiger charge is -2.07. The quantitative estimate of drug-likeness (QED) is 0.712. The molecule has 0 saturated carbocycles. The molecule has 7 nitrogen and oxygen atoms in total. The summed E-state index contributed by atoms with van der Waals surface area (Å²) in [6.07, 6.45) is 0.196. The van der Waals surface area contributed by atoms with Gasteiger partial charge in [-0.2, -0.15) is 0 Å². The van der Waals surface area contributed by atoms with Gasteiger partial charge in [-0.05, 0) is 18.6 Å². The van der Waals surface area contributed by atoms with Crippen LogP contribution in [-0.2, 0) is 23.2 Å². The summed E-state index contributed by atoms with van der Waals surface area (Å²) in [5.74, 6) is -0.594. The highest BCUT2D eigenvalue weighted by Crippen LogP contribution is 2.13. The summed E-state index contributed by atoms with van der Waals surface area (Å²) >= 11 is 0. The molecule has 1 aromatic heterocycles. The third-order valence-electron chi connectivity index (χ3n) is 3.32. The minimum Gasteiger partial charge on any atom is -0.480 e. The van der Waals surface area contributed by atoms with E-state index in [9.17, 15) is 9.59 Å². The molecule has 1 amide bonds. The number of nitrogens with zero attached hydrogens (tertiary/aromatic N) is 2. The molecule has 4 N–H and O–H groups in total. The molecule has 0 fully saturated rings. The number of amides is 1. The number of benzene rings is 1. The van der Waals surface area contributed by atoms with Gasteiger partial charge in [-0.15, -0.1) is 0 Å². The Balaban J connectivity index is 1.91. The van der Waals surface area contributed by atoms with Crippen LogP contribution < -0.4 is 11.1 Å². The molecule has 112 valence electrons. The highest BCUT2D eigenvalue weighted by atomic mass is 16.4. The van der Waals surface area contributed by atoms with Crippen LogP contribution in [0.15, 0.2) is 24.3 Å². The second-order valence-corrected chi connectivity index (χ2v) is 4.84. The molecule has 1 aromatic carbocycles. The fourth-order valence-electron chi connectivity index (χ4n) is 2.03. The lowest BCUT2D eigenvalue weighted by Crippen LogP contribution is -2.32. The van der Waals surface area contributed by atoms with E-state index in [1.165, 1.54) is 0 Å². The van der Waals surface area contributed by atoms with E-state index in [1.54, 1.807) is 0 Å². The molecule has 1 heterocycles. The number of carbonyl (C=O) groups excluding carboxylic acids is 1. The number of aromatic nitrogens is 2. The number of para-hydroxylation sites is 2. The van der Waals surface area contributed by atoms with Gasteiger partial charge >= 0.3 is 5.97 Å². The van der Waals surface area contributed by atoms with Crippen molar-refractivity contribution in [3.8, 4) is 0 Å². The zero-order valence-corrected chi connectivity index (χ0v) is 11.7. The zero-order valence-electron chi connectivity index (χ0n) is 11.7. The van der Waals surface area contributed by atoms with Gasteiger partial charge in [-0.1, -0.05) is 12.1 Å². The van der Waals surface area contributed by atoms with Gasteiger partial charge in [-0.25, -0.2) is 4.98 Å². The van der Waals surface area contributed by atoms with Gasteiger partial charge in [0.05, 0.1) is 17.6 Å². The molecule has 1 atom stereocenters. The van der Waals surface area contributed by atoms with E-state index in [0.717, 1.165) is 16.9 Å². The standard InChI is InChI=1S/C14H18N4O3/c1-18-11-5-3-2-4-10(11)17-12(18)8-16-13(19)7-6-9(15)14(20)21/h2-5,9H,6-8,15H2,1H3,(H,16,19)(H,20,21)/t9-/m0/s1. The lowest BCUT2D eigenvalue weighted by atomic mass is 10.1. The van der Waals surface area contributed by atoms with Crippen LogP contribution in [0.5, 0.6) is 0 Å². The van der Waals surface area contributed by atoms with Crippen molar-refractivity contribution in [3.05, 3.63) is 30.1 Å². The lowest BCUT2D eigenvalue weighted by molar-refractivity contribution is -0.138. The first-order chi connectivity index (χ1) is 9.99. The van der Waals surface area contributed by atoms with Gasteiger partial charge in [-0.3, -0.25) is 9.59 Å². The highest BCUT2D eigenvalue weighted by molar-refractivity contribution is 5.79. The van der Waals surface area contributed by atoms with Gasteiger partial charge in [0.25, 0.3) is 0 Å². The maximum Gasteiger partial charge on any atom is 0.320 e. The highest BCUT2D eigenvalue weighted by Gasteiger charge is 2.14. The number of carboxylic acids is 1. The minimum absolute atomic E-state index is 0.0808. The number of hydrogen-bond acceptors (Lipinski definition) is 4. The van der Waals surface area contributed by atoms with Crippen molar-refractivity contribution in [1.29, 1.82) is 0 Å². The Morgan fingerprint density at radius 1 is 1.43 bits per heavy atom. The number of nitrogens with one attached hydrogen (secondary N) is 1. The molecule has 0 aliphatic heterocycles. The Labute approximate surface area is 121 Å². The molecule has 2 rings (SSSR count). The summed E-state index contributed by atoms with van der Waals surface area (Å²) in [6, 6.07) is 6.70. The Bertz CT molecular complexity index is 665. The smallest absolute Gasteiger partial charge is 0.320 e. The van der Waals surface area contributed by atoms with Gasteiger partial charge in [0.2, 0.25) is 5.91 Å². The average Bonchev–Trinajstić information content (AvgIpc) is 2.79. The molecular weight excluding hydrogens is 272 g/mol. The van der Waals surface area contributed by atoms with Crippen molar-refractivity contribution in [2.75, 3.05) is 0 Å². The van der Waals surface area contributed by atoms with Crippen molar-refractivity contribution in [3.63, 3.8) is 0 Å². The third kappa shape index (κ3) is 3.57. The molecule has 0 aliphatic carbocycles. The number of carboxylic acid groups (broad SMARTS) is 1. The van der Waals surface area contributed by atoms with Crippen LogP contribution in [0.3, 0.4) is 0 Å². The monoisotopic (exact) mass is 290 g/mol. The van der Waals surface area contributed by atoms with Crippen molar-refractivity contribution >= 4 is 22.9 Å². The Hall–Kier alpha value is -2.41. The molecule has 7 heteroatoms. The number of hydrogen-bond donors (Lipinski definition) is 3. The van der Waals surface area contributed by atoms with Crippen molar-refractivity contribution in [2.24, 2.45) is 12.8 Å². The third-order valence-corrected chi connectivity index (χ3v) is 3.32. The molecule has 21 heavy (non-hydrogen) atoms. The summed E-state index contributed by atoms with van der Waals surface area (Å²) in [5, 5.41) is 11.4. The molecule has 0 aliphatic rings. The van der Waals surface area contributed by atoms with Crippen molar-refractivity contribution in [1.82, 2.24) is 14.9 Å². The summed E-state index contributed by atoms with van der Waals surface area (Å²) in [6.45, 7) is 0.298. The molecule has 0 saturated heterocycles. The first kappa shape index (κ1) is 15.0. The molecule has 0 radical (unpaired) electrons. The molecule has 0 spiro atoms. The van der Waals surface area contributed by atoms with Crippen molar-refractivity contribution < 1.29 is 14.7 Å². The fourth-order valence-corrected chi connectivity index (χ4v) is 2.03. The van der Waals surface area contributed by atoms with Crippen LogP contribution in [0.2, 0.25) is 0 Å². The number of nitrogens with two attached hydrogens (primary N) is 1. The molecular formula is C14H18N4O3. The van der Waals surface area contributed by atoms with Crippen LogP contribution in [0.4, 0.5) is 0 Å². The number of fused-ring (bicyclic) bond motifs is 1. The number of aryl methyl sites for hydroxylation is 1. The predicted octanol–water partition coefficient (Wildman–Crippen LogP) is 0.382. The Morgan fingerprint density at radius 3 is 2.81 bits per heavy atom. The first-order valence-electron chi connectivity index (χ1n) is 6.64. The predicted molar refractivity (Wildman–Crippen MR) is 77.4 cm³/mol. The van der Waals surface area contributed by atoms with Crippen LogP contribution in [0, 0.1) is 0 Å². The van der Waals surface area contributed by atoms with E-state index in [1.807, 2.05) is 35.9 Å². The number of imidazole rings is 1. The molecule has 0 unspecified atom stereocenters. The normalized spacial score (nSPS) is 12.3. The van der Waals surface area contributed by atoms with E-state index in [-0.39, 0.29) is 18.7 Å². The number of rotatable bonds is 6. The van der Waals surface area contributed by atoms with Crippen LogP contribution >= 0.6 is 0 Å². The zero-order chi connectivity index (χ0) is 15.4. The van der Waals surface area contributed by atoms with Gasteiger partial charge in [0.1, 0.15) is 11.9 Å². The van der Waals surface area contributed by atoms with Crippen molar-refractivity contribution in [2.45, 2.75) is 25.4 Å². The molecule has 0 bridgehead atoms. The first-order valence-corrected chi connectivity index (χ1v) is 6.64. The van der Waals surface area contributed by atoms with E-state index in [0.29, 0.717) is 6.54 Å². The van der Waals surface area contributed by atoms with E-state index in [4.69, 9.17) is 10.8 Å². The minimum atomic E-state index is -1.10. The van der Waals surface area contributed by atoms with Gasteiger partial charge in [0.15, 0.2) is 0 Å². The van der Waals surface area contributed by atoms with E-state index < -0.39 is 12.0 Å². The largest absolute Gasteiger partial charge is 0.480 e. The van der Waals surface area contributed by atoms with Gasteiger partial charge < -0.3 is 20.7 Å². The second-order valence-electron chi connectivity index (χ2n) is 4.84. The Kier molecular flexibility index (Phi) is 4.54. The topological polar surface area (TPSA) is 110 Å². The fraction of sp³-hybridized carbons (Fsp3) is 0.357. The number of aliphatic carboxylic acids is 1. The summed E-state index contributed by atoms with van der Waals surface area (Å²) < 4.78 is 1.92. The van der Waals surface area contributed by atoms with E-state index >= 15 is 0 Å². The summed E-state index contributed by atoms with van der Waals surface area (Å²) in [5.41, 5.74) is 7.22. The van der Waals surface area contributed by atoms with Crippen LogP contribution in [-0.4, -0.2) is 32.6 Å². The number of carbonyl (C=O) groups is 2. The van der Waals surface area contributed by atoms with Gasteiger partial charge in [0, 0.05) is 13.5 Å². The maximum absolute atomic E-state index is 11.7. The Morgan fingerprint density at radius 2 is 2.14 bits per heavy atom. The average molecular weight is 290 g/mol. The SMILES string of the molecule is Cn1c(CNC(=O)CC[C@H](N)C(=O)O)nc2ccccc21. The van der Waals surface area contributed by atoms with Crippen LogP contribution in [0.1, 0.15) is 18.7 Å². The second kappa shape index (κ2) is 6.36. The van der Waals surface area contributed by atoms with Crippen LogP contribution in [0.25, 0.3) is 11.0 Å². The molecule has 2 aromatic rings. The van der Waals surface area contributed by atoms with E-state index in [2.05, 4.69) is 10.3 Å². The maximum atomic E-state index is 11.7. The summed E-state index contributed by atoms with van der Waals surface area (Å²) in [4.78, 5) is 26.7. The summed E-state index contributed by atoms with van der Waals surface area (Å²) in [7, 11) is 1.89.